The number of rotatable bonds is 6. The van der Waals surface area contributed by atoms with Crippen LogP contribution < -0.4 is 14.4 Å². The summed E-state index contributed by atoms with van der Waals surface area (Å²) in [6.07, 6.45) is 0. The second-order valence-electron chi connectivity index (χ2n) is 3.84. The number of aliphatic carboxylic acids is 1. The molecule has 0 aliphatic heterocycles. The maximum atomic E-state index is 11.1. The molecule has 0 radical (unpaired) electrons. The number of nitrogens with zero attached hydrogens (tertiary/aromatic N) is 1. The van der Waals surface area contributed by atoms with E-state index >= 15 is 0 Å². The van der Waals surface area contributed by atoms with Gasteiger partial charge in [-0.25, -0.2) is 4.79 Å². The number of anilines is 1. The zero-order valence-electron chi connectivity index (χ0n) is 11.1. The van der Waals surface area contributed by atoms with Crippen molar-refractivity contribution < 1.29 is 19.4 Å². The molecule has 1 atom stereocenters. The summed E-state index contributed by atoms with van der Waals surface area (Å²) in [5, 5.41) is 9.12. The van der Waals surface area contributed by atoms with E-state index in [2.05, 4.69) is 0 Å². The Kier molecular flexibility index (Phi) is 4.83. The first-order valence-corrected chi connectivity index (χ1v) is 5.76. The molecule has 0 saturated carbocycles. The Morgan fingerprint density at radius 3 is 2.50 bits per heavy atom. The lowest BCUT2D eigenvalue weighted by Crippen LogP contribution is -2.39. The van der Waals surface area contributed by atoms with Crippen LogP contribution in [0.5, 0.6) is 11.5 Å². The summed E-state index contributed by atoms with van der Waals surface area (Å²) in [4.78, 5) is 12.9. The van der Waals surface area contributed by atoms with Gasteiger partial charge in [-0.2, -0.15) is 0 Å². The van der Waals surface area contributed by atoms with Gasteiger partial charge in [0.1, 0.15) is 17.5 Å². The van der Waals surface area contributed by atoms with E-state index in [0.717, 1.165) is 0 Å². The topological polar surface area (TPSA) is 59.0 Å². The second-order valence-corrected chi connectivity index (χ2v) is 3.84. The molecule has 0 heterocycles. The third-order valence-corrected chi connectivity index (χ3v) is 2.86. The van der Waals surface area contributed by atoms with E-state index < -0.39 is 12.0 Å². The Hall–Kier alpha value is -1.91. The van der Waals surface area contributed by atoms with Crippen molar-refractivity contribution in [3.8, 4) is 11.5 Å². The van der Waals surface area contributed by atoms with Crippen molar-refractivity contribution in [2.45, 2.75) is 19.9 Å². The molecule has 0 spiro atoms. The summed E-state index contributed by atoms with van der Waals surface area (Å²) < 4.78 is 10.4. The third kappa shape index (κ3) is 2.85. The first-order valence-electron chi connectivity index (χ1n) is 5.76. The van der Waals surface area contributed by atoms with Gasteiger partial charge in [0, 0.05) is 12.6 Å². The summed E-state index contributed by atoms with van der Waals surface area (Å²) in [7, 11) is 3.13. The van der Waals surface area contributed by atoms with Crippen LogP contribution in [-0.2, 0) is 4.79 Å². The van der Waals surface area contributed by atoms with Gasteiger partial charge in [0.25, 0.3) is 0 Å². The molecular formula is C13H19NO4. The number of carboxylic acids is 1. The van der Waals surface area contributed by atoms with E-state index in [0.29, 0.717) is 23.7 Å². The van der Waals surface area contributed by atoms with Crippen LogP contribution >= 0.6 is 0 Å². The van der Waals surface area contributed by atoms with Crippen molar-refractivity contribution in [1.82, 2.24) is 0 Å². The number of carboxylic acid groups (broad SMARTS) is 1. The second kappa shape index (κ2) is 6.14. The van der Waals surface area contributed by atoms with E-state index in [1.807, 2.05) is 6.92 Å². The summed E-state index contributed by atoms with van der Waals surface area (Å²) in [6, 6.07) is 4.70. The highest BCUT2D eigenvalue weighted by Gasteiger charge is 2.22. The quantitative estimate of drug-likeness (QED) is 0.840. The summed E-state index contributed by atoms with van der Waals surface area (Å²) >= 11 is 0. The Labute approximate surface area is 107 Å². The molecule has 0 aliphatic carbocycles. The lowest BCUT2D eigenvalue weighted by Gasteiger charge is -2.28. The molecule has 18 heavy (non-hydrogen) atoms. The van der Waals surface area contributed by atoms with Crippen LogP contribution in [0.4, 0.5) is 5.69 Å². The number of benzene rings is 1. The molecule has 0 saturated heterocycles. The number of likely N-dealkylation sites (N-methyl/N-ethyl adjacent to an activating group) is 1. The average molecular weight is 253 g/mol. The largest absolute Gasteiger partial charge is 0.497 e. The smallest absolute Gasteiger partial charge is 0.326 e. The first-order chi connectivity index (χ1) is 8.54. The number of hydrogen-bond donors (Lipinski definition) is 1. The van der Waals surface area contributed by atoms with E-state index in [9.17, 15) is 4.79 Å². The van der Waals surface area contributed by atoms with E-state index in [4.69, 9.17) is 14.6 Å². The number of carbonyl (C=O) groups is 1. The summed E-state index contributed by atoms with van der Waals surface area (Å²) in [6.45, 7) is 4.11. The molecule has 5 nitrogen and oxygen atoms in total. The number of methoxy groups -OCH3 is 2. The Morgan fingerprint density at radius 2 is 2.06 bits per heavy atom. The van der Waals surface area contributed by atoms with Gasteiger partial charge in [0.2, 0.25) is 0 Å². The van der Waals surface area contributed by atoms with Crippen LogP contribution in [0.1, 0.15) is 13.8 Å². The SMILES string of the molecule is CCN(c1cc(OC)ccc1OC)[C@@H](C)C(=O)O. The minimum absolute atomic E-state index is 0.566. The fourth-order valence-electron chi connectivity index (χ4n) is 1.81. The molecule has 1 aromatic rings. The van der Waals surface area contributed by atoms with E-state index in [-0.39, 0.29) is 0 Å². The first kappa shape index (κ1) is 14.2. The van der Waals surface area contributed by atoms with Crippen LogP contribution in [0, 0.1) is 0 Å². The van der Waals surface area contributed by atoms with Gasteiger partial charge in [-0.3, -0.25) is 0 Å². The van der Waals surface area contributed by atoms with Crippen LogP contribution in [0.25, 0.3) is 0 Å². The zero-order chi connectivity index (χ0) is 13.7. The van der Waals surface area contributed by atoms with Crippen molar-refractivity contribution in [2.24, 2.45) is 0 Å². The molecule has 0 unspecified atom stereocenters. The molecule has 5 heteroatoms. The summed E-state index contributed by atoms with van der Waals surface area (Å²) in [5.74, 6) is 0.425. The number of hydrogen-bond acceptors (Lipinski definition) is 4. The standard InChI is InChI=1S/C13H19NO4/c1-5-14(9(2)13(15)16)11-8-10(17-3)6-7-12(11)18-4/h6-9H,5H2,1-4H3,(H,15,16)/t9-/m0/s1. The Morgan fingerprint density at radius 1 is 1.39 bits per heavy atom. The van der Waals surface area contributed by atoms with Crippen LogP contribution in [0.15, 0.2) is 18.2 Å². The van der Waals surface area contributed by atoms with Crippen LogP contribution in [-0.4, -0.2) is 37.9 Å². The van der Waals surface area contributed by atoms with Gasteiger partial charge in [-0.1, -0.05) is 0 Å². The molecule has 0 bridgehead atoms. The summed E-state index contributed by atoms with van der Waals surface area (Å²) in [5.41, 5.74) is 0.717. The van der Waals surface area contributed by atoms with Gasteiger partial charge in [0.05, 0.1) is 19.9 Å². The van der Waals surface area contributed by atoms with Gasteiger partial charge in [-0.05, 0) is 26.0 Å². The molecular weight excluding hydrogens is 234 g/mol. The highest BCUT2D eigenvalue weighted by molar-refractivity contribution is 5.79. The molecule has 1 rings (SSSR count). The van der Waals surface area contributed by atoms with E-state index in [1.165, 1.54) is 0 Å². The normalized spacial score (nSPS) is 11.8. The fraction of sp³-hybridized carbons (Fsp3) is 0.462. The van der Waals surface area contributed by atoms with Crippen molar-refractivity contribution in [3.63, 3.8) is 0 Å². The molecule has 0 aliphatic rings. The predicted molar refractivity (Wildman–Crippen MR) is 69.7 cm³/mol. The maximum absolute atomic E-state index is 11.1. The van der Waals surface area contributed by atoms with Crippen molar-refractivity contribution >= 4 is 11.7 Å². The highest BCUT2D eigenvalue weighted by Crippen LogP contribution is 2.33. The monoisotopic (exact) mass is 253 g/mol. The third-order valence-electron chi connectivity index (χ3n) is 2.86. The molecule has 100 valence electrons. The van der Waals surface area contributed by atoms with Gasteiger partial charge in [-0.15, -0.1) is 0 Å². The molecule has 1 aromatic carbocycles. The minimum Gasteiger partial charge on any atom is -0.497 e. The van der Waals surface area contributed by atoms with Gasteiger partial charge in [0.15, 0.2) is 0 Å². The molecule has 0 aromatic heterocycles. The van der Waals surface area contributed by atoms with Crippen molar-refractivity contribution in [1.29, 1.82) is 0 Å². The predicted octanol–water partition coefficient (Wildman–Crippen LogP) is 2.00. The lowest BCUT2D eigenvalue weighted by atomic mass is 10.2. The Balaban J connectivity index is 3.21. The minimum atomic E-state index is -0.873. The Bertz CT molecular complexity index is 419. The van der Waals surface area contributed by atoms with Crippen LogP contribution in [0.3, 0.4) is 0 Å². The van der Waals surface area contributed by atoms with E-state index in [1.54, 1.807) is 44.2 Å². The fourth-order valence-corrected chi connectivity index (χ4v) is 1.81. The highest BCUT2D eigenvalue weighted by atomic mass is 16.5. The van der Waals surface area contributed by atoms with Gasteiger partial charge < -0.3 is 19.5 Å². The number of ether oxygens (including phenoxy) is 2. The zero-order valence-corrected chi connectivity index (χ0v) is 11.1. The van der Waals surface area contributed by atoms with Crippen LogP contribution in [0.2, 0.25) is 0 Å². The molecule has 0 fully saturated rings. The molecule has 1 N–H and O–H groups in total. The average Bonchev–Trinajstić information content (AvgIpc) is 2.39. The maximum Gasteiger partial charge on any atom is 0.326 e. The molecule has 0 amide bonds. The van der Waals surface area contributed by atoms with Crippen molar-refractivity contribution in [2.75, 3.05) is 25.7 Å². The van der Waals surface area contributed by atoms with Crippen molar-refractivity contribution in [3.05, 3.63) is 18.2 Å². The van der Waals surface area contributed by atoms with Gasteiger partial charge >= 0.3 is 5.97 Å². The lowest BCUT2D eigenvalue weighted by molar-refractivity contribution is -0.138.